The number of methoxy groups -OCH3 is 1. The van der Waals surface area contributed by atoms with E-state index in [0.29, 0.717) is 0 Å². The molecule has 0 aliphatic rings. The number of rotatable bonds is 4. The molecule has 0 aromatic heterocycles. The highest BCUT2D eigenvalue weighted by Crippen LogP contribution is 2.25. The van der Waals surface area contributed by atoms with E-state index in [1.165, 1.54) is 25.3 Å². The summed E-state index contributed by atoms with van der Waals surface area (Å²) in [6.45, 7) is 0. The van der Waals surface area contributed by atoms with Gasteiger partial charge in [0.1, 0.15) is 5.82 Å². The zero-order chi connectivity index (χ0) is 15.6. The van der Waals surface area contributed by atoms with E-state index >= 15 is 0 Å². The first kappa shape index (κ1) is 15.0. The summed E-state index contributed by atoms with van der Waals surface area (Å²) in [5.74, 6) is -1.56. The van der Waals surface area contributed by atoms with E-state index < -0.39 is 21.7 Å². The summed E-state index contributed by atoms with van der Waals surface area (Å²) in [5.41, 5.74) is 5.49. The van der Waals surface area contributed by atoms with Gasteiger partial charge in [0.25, 0.3) is 10.0 Å². The third-order valence-electron chi connectivity index (χ3n) is 2.69. The normalized spacial score (nSPS) is 11.2. The predicted octanol–water partition coefficient (Wildman–Crippen LogP) is 2.36. The van der Waals surface area contributed by atoms with Crippen LogP contribution in [0.4, 0.5) is 20.2 Å². The van der Waals surface area contributed by atoms with E-state index in [1.807, 2.05) is 0 Å². The number of nitrogens with one attached hydrogen (secondary N) is 1. The molecule has 2 rings (SSSR count). The number of nitrogens with two attached hydrogens (primary N) is 1. The lowest BCUT2D eigenvalue weighted by atomic mass is 10.3. The zero-order valence-corrected chi connectivity index (χ0v) is 11.7. The van der Waals surface area contributed by atoms with Crippen molar-refractivity contribution in [1.82, 2.24) is 0 Å². The molecule has 0 saturated carbocycles. The fraction of sp³-hybridized carbons (Fsp3) is 0.0769. The highest BCUT2D eigenvalue weighted by molar-refractivity contribution is 7.92. The van der Waals surface area contributed by atoms with Crippen molar-refractivity contribution >= 4 is 21.4 Å². The van der Waals surface area contributed by atoms with Crippen LogP contribution in [0.5, 0.6) is 5.75 Å². The molecule has 0 radical (unpaired) electrons. The number of hydrogen-bond donors (Lipinski definition) is 2. The maximum absolute atomic E-state index is 13.6. The first-order chi connectivity index (χ1) is 9.83. The van der Waals surface area contributed by atoms with Crippen LogP contribution in [-0.2, 0) is 10.0 Å². The molecule has 21 heavy (non-hydrogen) atoms. The molecule has 0 aliphatic heterocycles. The number of sulfonamides is 1. The summed E-state index contributed by atoms with van der Waals surface area (Å²) >= 11 is 0. The molecule has 3 N–H and O–H groups in total. The topological polar surface area (TPSA) is 81.4 Å². The van der Waals surface area contributed by atoms with E-state index in [1.54, 1.807) is 0 Å². The van der Waals surface area contributed by atoms with Gasteiger partial charge in [-0.3, -0.25) is 4.72 Å². The summed E-state index contributed by atoms with van der Waals surface area (Å²) in [6, 6.07) is 6.41. The lowest BCUT2D eigenvalue weighted by Crippen LogP contribution is -2.14. The molecular formula is C13H12F2N2O3S. The van der Waals surface area contributed by atoms with Gasteiger partial charge in [-0.25, -0.2) is 17.2 Å². The van der Waals surface area contributed by atoms with Crippen LogP contribution in [0.1, 0.15) is 0 Å². The monoisotopic (exact) mass is 314 g/mol. The second-order valence-corrected chi connectivity index (χ2v) is 5.82. The molecule has 0 heterocycles. The molecule has 0 aliphatic carbocycles. The van der Waals surface area contributed by atoms with Gasteiger partial charge in [-0.2, -0.15) is 0 Å². The number of halogens is 2. The van der Waals surface area contributed by atoms with Gasteiger partial charge in [0, 0.05) is 6.07 Å². The minimum atomic E-state index is -4.09. The molecule has 0 amide bonds. The maximum Gasteiger partial charge on any atom is 0.262 e. The van der Waals surface area contributed by atoms with E-state index in [-0.39, 0.29) is 22.0 Å². The van der Waals surface area contributed by atoms with Crippen LogP contribution in [0, 0.1) is 11.6 Å². The third-order valence-corrected chi connectivity index (χ3v) is 4.06. The Morgan fingerprint density at radius 3 is 2.48 bits per heavy atom. The van der Waals surface area contributed by atoms with Crippen molar-refractivity contribution in [2.75, 3.05) is 17.6 Å². The quantitative estimate of drug-likeness (QED) is 0.849. The number of hydrogen-bond acceptors (Lipinski definition) is 4. The van der Waals surface area contributed by atoms with Gasteiger partial charge in [-0.05, 0) is 30.3 Å². The number of nitrogen functional groups attached to an aromatic ring is 1. The fourth-order valence-electron chi connectivity index (χ4n) is 1.63. The summed E-state index contributed by atoms with van der Waals surface area (Å²) in [4.78, 5) is -0.329. The third kappa shape index (κ3) is 3.22. The van der Waals surface area contributed by atoms with Gasteiger partial charge in [-0.1, -0.05) is 0 Å². The molecule has 0 spiro atoms. The van der Waals surface area contributed by atoms with Crippen molar-refractivity contribution in [1.29, 1.82) is 0 Å². The van der Waals surface area contributed by atoms with Gasteiger partial charge in [0.15, 0.2) is 11.6 Å². The summed E-state index contributed by atoms with van der Waals surface area (Å²) < 4.78 is 57.7. The van der Waals surface area contributed by atoms with Crippen LogP contribution in [-0.4, -0.2) is 15.5 Å². The van der Waals surface area contributed by atoms with Crippen LogP contribution in [0.2, 0.25) is 0 Å². The van der Waals surface area contributed by atoms with Crippen molar-refractivity contribution < 1.29 is 21.9 Å². The average Bonchev–Trinajstić information content (AvgIpc) is 2.42. The van der Waals surface area contributed by atoms with Crippen molar-refractivity contribution in [3.05, 3.63) is 48.0 Å². The first-order valence-corrected chi connectivity index (χ1v) is 7.23. The summed E-state index contributed by atoms with van der Waals surface area (Å²) in [7, 11) is -2.83. The van der Waals surface area contributed by atoms with Crippen molar-refractivity contribution in [3.63, 3.8) is 0 Å². The highest BCUT2D eigenvalue weighted by Gasteiger charge is 2.18. The van der Waals surface area contributed by atoms with Crippen LogP contribution in [0.15, 0.2) is 41.3 Å². The molecule has 0 fully saturated rings. The van der Waals surface area contributed by atoms with Crippen molar-refractivity contribution in [3.8, 4) is 5.75 Å². The molecule has 0 unspecified atom stereocenters. The minimum absolute atomic E-state index is 0.0500. The lowest BCUT2D eigenvalue weighted by Gasteiger charge is -2.11. The standard InChI is InChI=1S/C13H12F2N2O3S/c1-20-13-5-3-9(7-10(13)15)21(18,19)17-12-6-8(14)2-4-11(12)16/h2-7,17H,16H2,1H3. The van der Waals surface area contributed by atoms with Gasteiger partial charge < -0.3 is 10.5 Å². The van der Waals surface area contributed by atoms with Gasteiger partial charge in [0.05, 0.1) is 23.4 Å². The Morgan fingerprint density at radius 1 is 1.14 bits per heavy atom. The van der Waals surface area contributed by atoms with E-state index in [0.717, 1.165) is 18.2 Å². The molecule has 5 nitrogen and oxygen atoms in total. The van der Waals surface area contributed by atoms with Crippen molar-refractivity contribution in [2.24, 2.45) is 0 Å². The molecular weight excluding hydrogens is 302 g/mol. The zero-order valence-electron chi connectivity index (χ0n) is 10.9. The maximum atomic E-state index is 13.6. The molecule has 0 saturated heterocycles. The Kier molecular flexibility index (Phi) is 3.99. The molecule has 0 atom stereocenters. The fourth-order valence-corrected chi connectivity index (χ4v) is 2.72. The molecule has 8 heteroatoms. The number of anilines is 2. The summed E-state index contributed by atoms with van der Waals surface area (Å²) in [5, 5.41) is 0. The second-order valence-electron chi connectivity index (χ2n) is 4.13. The van der Waals surface area contributed by atoms with Crippen molar-refractivity contribution in [2.45, 2.75) is 4.90 Å². The molecule has 2 aromatic carbocycles. The Morgan fingerprint density at radius 2 is 1.86 bits per heavy atom. The van der Waals surface area contributed by atoms with E-state index in [2.05, 4.69) is 4.72 Å². The van der Waals surface area contributed by atoms with Gasteiger partial charge in [0.2, 0.25) is 0 Å². The van der Waals surface area contributed by atoms with Crippen LogP contribution >= 0.6 is 0 Å². The smallest absolute Gasteiger partial charge is 0.262 e. The number of benzene rings is 2. The second kappa shape index (κ2) is 5.57. The van der Waals surface area contributed by atoms with Crippen LogP contribution in [0.25, 0.3) is 0 Å². The minimum Gasteiger partial charge on any atom is -0.494 e. The summed E-state index contributed by atoms with van der Waals surface area (Å²) in [6.07, 6.45) is 0. The average molecular weight is 314 g/mol. The first-order valence-electron chi connectivity index (χ1n) is 5.75. The predicted molar refractivity (Wildman–Crippen MR) is 74.6 cm³/mol. The molecule has 112 valence electrons. The Hall–Kier alpha value is -2.35. The van der Waals surface area contributed by atoms with E-state index in [4.69, 9.17) is 10.5 Å². The Bertz CT molecular complexity index is 779. The Labute approximate surface area is 120 Å². The SMILES string of the molecule is COc1ccc(S(=O)(=O)Nc2cc(F)ccc2N)cc1F. The number of ether oxygens (including phenoxy) is 1. The van der Waals surface area contributed by atoms with E-state index in [9.17, 15) is 17.2 Å². The molecule has 2 aromatic rings. The lowest BCUT2D eigenvalue weighted by molar-refractivity contribution is 0.385. The van der Waals surface area contributed by atoms with Gasteiger partial charge >= 0.3 is 0 Å². The van der Waals surface area contributed by atoms with Gasteiger partial charge in [-0.15, -0.1) is 0 Å². The highest BCUT2D eigenvalue weighted by atomic mass is 32.2. The van der Waals surface area contributed by atoms with Crippen LogP contribution < -0.4 is 15.2 Å². The largest absolute Gasteiger partial charge is 0.494 e. The Balaban J connectivity index is 2.38. The molecule has 0 bridgehead atoms. The van der Waals surface area contributed by atoms with Crippen LogP contribution in [0.3, 0.4) is 0 Å².